The molecule has 0 bridgehead atoms. The van der Waals surface area contributed by atoms with Gasteiger partial charge in [-0.1, -0.05) is 43.3 Å². The zero-order chi connectivity index (χ0) is 17.5. The maximum Gasteiger partial charge on any atom is 0.232 e. The number of rotatable bonds is 8. The molecular weight excluding hydrogens is 326 g/mol. The summed E-state index contributed by atoms with van der Waals surface area (Å²) in [6.45, 7) is 6.54. The van der Waals surface area contributed by atoms with Crippen LogP contribution in [-0.2, 0) is 34.3 Å². The molecule has 0 saturated carbocycles. The Morgan fingerprint density at radius 2 is 2.08 bits per heavy atom. The molecule has 1 aromatic carbocycles. The van der Waals surface area contributed by atoms with Crippen molar-refractivity contribution < 1.29 is 13.5 Å². The number of hydrogen-bond donors (Lipinski definition) is 1. The normalized spacial score (nSPS) is 12.3. The molecule has 2 aromatic rings. The third kappa shape index (κ3) is 5.88. The third-order valence-corrected chi connectivity index (χ3v) is 4.58. The van der Waals surface area contributed by atoms with Crippen LogP contribution in [0, 0.1) is 12.8 Å². The molecule has 0 aliphatic rings. The van der Waals surface area contributed by atoms with Gasteiger partial charge in [-0.25, -0.2) is 0 Å². The van der Waals surface area contributed by atoms with E-state index in [0.29, 0.717) is 30.6 Å². The Morgan fingerprint density at radius 3 is 2.79 bits per heavy atom. The molecule has 0 saturated heterocycles. The van der Waals surface area contributed by atoms with Gasteiger partial charge in [-0.05, 0) is 24.0 Å². The molecule has 0 spiro atoms. The summed E-state index contributed by atoms with van der Waals surface area (Å²) in [5, 5.41) is 6.60. The average Bonchev–Trinajstić information content (AvgIpc) is 2.92. The molecule has 0 fully saturated rings. The van der Waals surface area contributed by atoms with Crippen molar-refractivity contribution in [3.8, 4) is 0 Å². The first-order valence-corrected chi connectivity index (χ1v) is 9.40. The van der Waals surface area contributed by atoms with Crippen molar-refractivity contribution in [2.45, 2.75) is 39.5 Å². The lowest BCUT2D eigenvalue weighted by Crippen LogP contribution is -2.28. The van der Waals surface area contributed by atoms with Crippen molar-refractivity contribution >= 4 is 16.7 Å². The van der Waals surface area contributed by atoms with Crippen molar-refractivity contribution in [1.29, 1.82) is 0 Å². The van der Waals surface area contributed by atoms with E-state index in [1.807, 2.05) is 31.2 Å². The fourth-order valence-electron chi connectivity index (χ4n) is 2.18. The fourth-order valence-corrected chi connectivity index (χ4v) is 3.08. The highest BCUT2D eigenvalue weighted by molar-refractivity contribution is 7.84. The lowest BCUT2D eigenvalue weighted by molar-refractivity contribution is -0.118. The molecule has 130 valence electrons. The Bertz CT molecular complexity index is 713. The summed E-state index contributed by atoms with van der Waals surface area (Å²) >= 11 is 0. The zero-order valence-corrected chi connectivity index (χ0v) is 15.1. The molecule has 1 heterocycles. The molecule has 1 N–H and O–H groups in total. The van der Waals surface area contributed by atoms with E-state index in [2.05, 4.69) is 29.3 Å². The summed E-state index contributed by atoms with van der Waals surface area (Å²) < 4.78 is 17.2. The molecule has 2 rings (SSSR count). The second kappa shape index (κ2) is 8.73. The van der Waals surface area contributed by atoms with Crippen LogP contribution in [0.5, 0.6) is 0 Å². The fraction of sp³-hybridized carbons (Fsp3) is 0.471. The number of amides is 1. The van der Waals surface area contributed by atoms with Crippen molar-refractivity contribution in [3.05, 3.63) is 47.1 Å². The van der Waals surface area contributed by atoms with Crippen LogP contribution in [0.1, 0.15) is 36.7 Å². The molecule has 1 atom stereocenters. The third-order valence-electron chi connectivity index (χ3n) is 3.41. The summed E-state index contributed by atoms with van der Waals surface area (Å²) in [6.07, 6.45) is 0.691. The van der Waals surface area contributed by atoms with Gasteiger partial charge in [-0.2, -0.15) is 4.98 Å². The Hall–Kier alpha value is -2.02. The van der Waals surface area contributed by atoms with Gasteiger partial charge in [0.1, 0.15) is 5.75 Å². The van der Waals surface area contributed by atoms with Crippen LogP contribution in [0.4, 0.5) is 0 Å². The van der Waals surface area contributed by atoms with Crippen molar-refractivity contribution in [1.82, 2.24) is 15.5 Å². The largest absolute Gasteiger partial charge is 0.351 e. The van der Waals surface area contributed by atoms with Crippen LogP contribution < -0.4 is 5.32 Å². The highest BCUT2D eigenvalue weighted by atomic mass is 32.2. The molecule has 24 heavy (non-hydrogen) atoms. The number of aromatic nitrogens is 2. The predicted molar refractivity (Wildman–Crippen MR) is 92.6 cm³/mol. The number of nitrogens with one attached hydrogen (secondary N) is 1. The van der Waals surface area contributed by atoms with Crippen LogP contribution in [0.2, 0.25) is 0 Å². The number of benzene rings is 1. The van der Waals surface area contributed by atoms with Gasteiger partial charge in [0.25, 0.3) is 0 Å². The molecular formula is C17H23N3O3S. The van der Waals surface area contributed by atoms with Gasteiger partial charge in [-0.3, -0.25) is 9.00 Å². The van der Waals surface area contributed by atoms with Gasteiger partial charge >= 0.3 is 0 Å². The van der Waals surface area contributed by atoms with E-state index in [-0.39, 0.29) is 17.4 Å². The van der Waals surface area contributed by atoms with Crippen molar-refractivity contribution in [2.24, 2.45) is 5.92 Å². The first kappa shape index (κ1) is 18.3. The Morgan fingerprint density at radius 1 is 1.33 bits per heavy atom. The highest BCUT2D eigenvalue weighted by Gasteiger charge is 2.14. The van der Waals surface area contributed by atoms with Crippen LogP contribution >= 0.6 is 0 Å². The number of aryl methyl sites for hydroxylation is 1. The molecule has 1 amide bonds. The lowest BCUT2D eigenvalue weighted by atomic mass is 10.1. The van der Waals surface area contributed by atoms with E-state index >= 15 is 0 Å². The maximum absolute atomic E-state index is 12.1. The molecule has 0 radical (unpaired) electrons. The lowest BCUT2D eigenvalue weighted by Gasteiger charge is -2.07. The second-order valence-corrected chi connectivity index (χ2v) is 7.59. The summed E-state index contributed by atoms with van der Waals surface area (Å²) in [5.41, 5.74) is 2.16. The molecule has 0 aliphatic heterocycles. The average molecular weight is 349 g/mol. The minimum atomic E-state index is -1.36. The van der Waals surface area contributed by atoms with E-state index in [1.165, 1.54) is 0 Å². The van der Waals surface area contributed by atoms with E-state index in [9.17, 15) is 9.00 Å². The van der Waals surface area contributed by atoms with Gasteiger partial charge in [0.2, 0.25) is 11.8 Å². The zero-order valence-electron chi connectivity index (χ0n) is 14.2. The molecule has 7 heteroatoms. The van der Waals surface area contributed by atoms with E-state index < -0.39 is 10.8 Å². The topological polar surface area (TPSA) is 85.1 Å². The maximum atomic E-state index is 12.1. The van der Waals surface area contributed by atoms with Crippen LogP contribution in [0.3, 0.4) is 0 Å². The molecule has 0 unspecified atom stereocenters. The first-order valence-electron chi connectivity index (χ1n) is 7.91. The van der Waals surface area contributed by atoms with Gasteiger partial charge in [0, 0.05) is 23.8 Å². The minimum Gasteiger partial charge on any atom is -0.351 e. The van der Waals surface area contributed by atoms with E-state index in [4.69, 9.17) is 4.52 Å². The van der Waals surface area contributed by atoms with Crippen LogP contribution in [0.25, 0.3) is 0 Å². The first-order chi connectivity index (χ1) is 11.4. The quantitative estimate of drug-likeness (QED) is 0.789. The van der Waals surface area contributed by atoms with Gasteiger partial charge < -0.3 is 9.84 Å². The summed E-state index contributed by atoms with van der Waals surface area (Å²) in [4.78, 5) is 16.1. The van der Waals surface area contributed by atoms with Gasteiger partial charge in [0.05, 0.1) is 5.75 Å². The summed E-state index contributed by atoms with van der Waals surface area (Å²) in [5.74, 6) is 1.15. The number of carbonyl (C=O) groups is 1. The number of hydrogen-bond acceptors (Lipinski definition) is 5. The summed E-state index contributed by atoms with van der Waals surface area (Å²) in [6, 6.07) is 7.83. The van der Waals surface area contributed by atoms with Gasteiger partial charge in [-0.15, -0.1) is 0 Å². The predicted octanol–water partition coefficient (Wildman–Crippen LogP) is 2.14. The van der Waals surface area contributed by atoms with E-state index in [1.54, 1.807) is 0 Å². The smallest absolute Gasteiger partial charge is 0.232 e. The standard InChI is InChI=1S/C17H23N3O3S/c1-12(2)8-17-19-15(20-23-17)10-24(22)11-16(21)18-9-14-7-5-4-6-13(14)3/h4-7,12H,8-11H2,1-3H3,(H,18,21)/t24-/m0/s1. The van der Waals surface area contributed by atoms with Crippen LogP contribution in [0.15, 0.2) is 28.8 Å². The highest BCUT2D eigenvalue weighted by Crippen LogP contribution is 2.08. The molecule has 6 nitrogen and oxygen atoms in total. The number of nitrogens with zero attached hydrogens (tertiary/aromatic N) is 2. The molecule has 0 aliphatic carbocycles. The van der Waals surface area contributed by atoms with Crippen molar-refractivity contribution in [2.75, 3.05) is 5.75 Å². The Kier molecular flexibility index (Phi) is 6.66. The SMILES string of the molecule is Cc1ccccc1CNC(=O)C[S@@](=O)Cc1noc(CC(C)C)n1. The number of carbonyl (C=O) groups excluding carboxylic acids is 1. The Balaban J connectivity index is 1.78. The second-order valence-electron chi connectivity index (χ2n) is 6.13. The van der Waals surface area contributed by atoms with Crippen molar-refractivity contribution in [3.63, 3.8) is 0 Å². The van der Waals surface area contributed by atoms with Gasteiger partial charge in [0.15, 0.2) is 5.82 Å². The summed E-state index contributed by atoms with van der Waals surface area (Å²) in [7, 11) is -1.36. The van der Waals surface area contributed by atoms with E-state index in [0.717, 1.165) is 11.1 Å². The Labute approximate surface area is 144 Å². The van der Waals surface area contributed by atoms with Crippen LogP contribution in [-0.4, -0.2) is 26.0 Å². The molecule has 1 aromatic heterocycles. The minimum absolute atomic E-state index is 0.0695. The monoisotopic (exact) mass is 349 g/mol.